The molecule has 0 amide bonds. The number of aromatic amines is 1. The van der Waals surface area contributed by atoms with Crippen LogP contribution in [0.25, 0.3) is 10.9 Å². The lowest BCUT2D eigenvalue weighted by Gasteiger charge is -2.30. The van der Waals surface area contributed by atoms with Crippen LogP contribution in [0.15, 0.2) is 35.6 Å². The lowest BCUT2D eigenvalue weighted by Crippen LogP contribution is -2.40. The molecule has 0 atom stereocenters. The normalized spacial score (nSPS) is 17.7. The molecule has 0 radical (unpaired) electrons. The van der Waals surface area contributed by atoms with Crippen molar-refractivity contribution in [2.45, 2.75) is 0 Å². The molecule has 3 aromatic rings. The smallest absolute Gasteiger partial charge is 0.250 e. The molecule has 1 aromatic carbocycles. The highest BCUT2D eigenvalue weighted by atomic mass is 16.5. The molecule has 156 valence electrons. The molecular weight excluding hydrogens is 384 g/mol. The van der Waals surface area contributed by atoms with Crippen LogP contribution in [0.5, 0.6) is 0 Å². The van der Waals surface area contributed by atoms with Crippen molar-refractivity contribution in [1.82, 2.24) is 19.9 Å². The van der Waals surface area contributed by atoms with Crippen LogP contribution in [0.4, 0.5) is 17.8 Å². The Morgan fingerprint density at radius 3 is 2.20 bits per heavy atom. The van der Waals surface area contributed by atoms with E-state index in [1.807, 2.05) is 24.4 Å². The zero-order valence-electron chi connectivity index (χ0n) is 16.6. The maximum absolute atomic E-state index is 5.46. The molecule has 30 heavy (non-hydrogen) atoms. The van der Waals surface area contributed by atoms with Gasteiger partial charge in [-0.05, 0) is 6.07 Å². The molecule has 2 saturated heterocycles. The minimum atomic E-state index is 0.420. The number of benzene rings is 1. The van der Waals surface area contributed by atoms with Gasteiger partial charge in [-0.25, -0.2) is 5.43 Å². The highest BCUT2D eigenvalue weighted by Gasteiger charge is 2.20. The Morgan fingerprint density at radius 2 is 1.53 bits per heavy atom. The van der Waals surface area contributed by atoms with Gasteiger partial charge in [-0.2, -0.15) is 20.1 Å². The summed E-state index contributed by atoms with van der Waals surface area (Å²) in [7, 11) is 0. The van der Waals surface area contributed by atoms with Crippen LogP contribution in [-0.4, -0.2) is 78.8 Å². The summed E-state index contributed by atoms with van der Waals surface area (Å²) in [6.45, 7) is 5.69. The second-order valence-corrected chi connectivity index (χ2v) is 7.12. The SMILES string of the molecule is C(=NNc1nc(N2CCOCC2)nc(N2CCOCC2)n1)c1c[nH]c2ccccc12. The van der Waals surface area contributed by atoms with E-state index in [1.165, 1.54) is 0 Å². The predicted molar refractivity (Wildman–Crippen MR) is 115 cm³/mol. The fraction of sp³-hybridized carbons (Fsp3) is 0.400. The first-order valence-corrected chi connectivity index (χ1v) is 10.1. The van der Waals surface area contributed by atoms with Crippen LogP contribution in [0.2, 0.25) is 0 Å². The number of hydrazone groups is 1. The van der Waals surface area contributed by atoms with Gasteiger partial charge in [0.15, 0.2) is 0 Å². The maximum Gasteiger partial charge on any atom is 0.250 e. The average molecular weight is 408 g/mol. The fourth-order valence-electron chi connectivity index (χ4n) is 3.57. The minimum absolute atomic E-state index is 0.420. The Morgan fingerprint density at radius 1 is 0.900 bits per heavy atom. The molecule has 0 unspecified atom stereocenters. The molecule has 2 fully saturated rings. The van der Waals surface area contributed by atoms with E-state index in [4.69, 9.17) is 14.5 Å². The van der Waals surface area contributed by atoms with E-state index in [0.29, 0.717) is 44.3 Å². The number of rotatable bonds is 5. The van der Waals surface area contributed by atoms with Gasteiger partial charge in [0.2, 0.25) is 17.8 Å². The largest absolute Gasteiger partial charge is 0.378 e. The van der Waals surface area contributed by atoms with Crippen LogP contribution >= 0.6 is 0 Å². The summed E-state index contributed by atoms with van der Waals surface area (Å²) in [5.74, 6) is 1.70. The standard InChI is InChI=1S/C20H24N8O2/c1-2-4-17-16(3-1)15(13-21-17)14-22-26-18-23-19(27-5-9-29-10-6-27)25-20(24-18)28-7-11-30-12-8-28/h1-4,13-14,21H,5-12H2,(H,23,24,25,26). The number of ether oxygens (including phenoxy) is 2. The summed E-state index contributed by atoms with van der Waals surface area (Å²) in [6, 6.07) is 8.11. The number of nitrogens with one attached hydrogen (secondary N) is 2. The summed E-state index contributed by atoms with van der Waals surface area (Å²) in [6.07, 6.45) is 3.70. The molecular formula is C20H24N8O2. The lowest BCUT2D eigenvalue weighted by molar-refractivity contribution is 0.121. The highest BCUT2D eigenvalue weighted by molar-refractivity contribution is 5.99. The van der Waals surface area contributed by atoms with E-state index in [0.717, 1.165) is 42.6 Å². The van der Waals surface area contributed by atoms with Gasteiger partial charge in [-0.15, -0.1) is 0 Å². The van der Waals surface area contributed by atoms with Gasteiger partial charge >= 0.3 is 0 Å². The van der Waals surface area contributed by atoms with Crippen LogP contribution in [0.1, 0.15) is 5.56 Å². The topological polar surface area (TPSA) is 104 Å². The van der Waals surface area contributed by atoms with Crippen LogP contribution in [0.3, 0.4) is 0 Å². The Bertz CT molecular complexity index is 988. The summed E-state index contributed by atoms with van der Waals surface area (Å²) < 4.78 is 10.9. The molecule has 5 rings (SSSR count). The van der Waals surface area contributed by atoms with Crippen LogP contribution < -0.4 is 15.2 Å². The summed E-state index contributed by atoms with van der Waals surface area (Å²) >= 11 is 0. The monoisotopic (exact) mass is 408 g/mol. The van der Waals surface area contributed by atoms with Gasteiger partial charge in [0, 0.05) is 48.8 Å². The minimum Gasteiger partial charge on any atom is -0.378 e. The molecule has 4 heterocycles. The third-order valence-electron chi connectivity index (χ3n) is 5.19. The van der Waals surface area contributed by atoms with E-state index in [2.05, 4.69) is 41.3 Å². The van der Waals surface area contributed by atoms with Crippen molar-refractivity contribution in [1.29, 1.82) is 0 Å². The van der Waals surface area contributed by atoms with Gasteiger partial charge < -0.3 is 24.3 Å². The number of para-hydroxylation sites is 1. The molecule has 2 aliphatic rings. The molecule has 2 aliphatic heterocycles. The van der Waals surface area contributed by atoms with Crippen LogP contribution in [0, 0.1) is 0 Å². The first-order chi connectivity index (χ1) is 14.9. The summed E-state index contributed by atoms with van der Waals surface area (Å²) in [5, 5.41) is 5.49. The van der Waals surface area contributed by atoms with Gasteiger partial charge in [0.25, 0.3) is 0 Å². The van der Waals surface area contributed by atoms with Crippen molar-refractivity contribution in [2.24, 2.45) is 5.10 Å². The number of hydrogen-bond acceptors (Lipinski definition) is 9. The highest BCUT2D eigenvalue weighted by Crippen LogP contribution is 2.19. The van der Waals surface area contributed by atoms with E-state index >= 15 is 0 Å². The third-order valence-corrected chi connectivity index (χ3v) is 5.19. The zero-order valence-corrected chi connectivity index (χ0v) is 16.6. The van der Waals surface area contributed by atoms with E-state index < -0.39 is 0 Å². The Hall–Kier alpha value is -3.24. The summed E-state index contributed by atoms with van der Waals surface area (Å²) in [4.78, 5) is 21.4. The quantitative estimate of drug-likeness (QED) is 0.483. The third kappa shape index (κ3) is 4.05. The second kappa shape index (κ2) is 8.64. The van der Waals surface area contributed by atoms with Crippen molar-refractivity contribution in [3.63, 3.8) is 0 Å². The van der Waals surface area contributed by atoms with Gasteiger partial charge in [-0.1, -0.05) is 18.2 Å². The van der Waals surface area contributed by atoms with Crippen molar-refractivity contribution < 1.29 is 9.47 Å². The van der Waals surface area contributed by atoms with Crippen LogP contribution in [-0.2, 0) is 9.47 Å². The average Bonchev–Trinajstić information content (AvgIpc) is 3.23. The van der Waals surface area contributed by atoms with Crippen molar-refractivity contribution in [3.8, 4) is 0 Å². The van der Waals surface area contributed by atoms with Gasteiger partial charge in [-0.3, -0.25) is 0 Å². The number of morpholine rings is 2. The Labute approximate surface area is 173 Å². The molecule has 0 bridgehead atoms. The number of hydrogen-bond donors (Lipinski definition) is 2. The van der Waals surface area contributed by atoms with Gasteiger partial charge in [0.1, 0.15) is 0 Å². The lowest BCUT2D eigenvalue weighted by atomic mass is 10.2. The Balaban J connectivity index is 1.39. The van der Waals surface area contributed by atoms with Crippen molar-refractivity contribution >= 4 is 35.0 Å². The molecule has 10 heteroatoms. The number of fused-ring (bicyclic) bond motifs is 1. The molecule has 2 aromatic heterocycles. The van der Waals surface area contributed by atoms with E-state index in [1.54, 1.807) is 6.21 Å². The Kier molecular flexibility index (Phi) is 5.40. The first kappa shape index (κ1) is 18.8. The van der Waals surface area contributed by atoms with Crippen molar-refractivity contribution in [2.75, 3.05) is 67.8 Å². The number of aromatic nitrogens is 4. The second-order valence-electron chi connectivity index (χ2n) is 7.12. The molecule has 10 nitrogen and oxygen atoms in total. The fourth-order valence-corrected chi connectivity index (χ4v) is 3.57. The maximum atomic E-state index is 5.46. The first-order valence-electron chi connectivity index (χ1n) is 10.1. The van der Waals surface area contributed by atoms with E-state index in [-0.39, 0.29) is 0 Å². The molecule has 0 aliphatic carbocycles. The van der Waals surface area contributed by atoms with Crippen molar-refractivity contribution in [3.05, 3.63) is 36.0 Å². The zero-order chi connectivity index (χ0) is 20.2. The number of anilines is 3. The predicted octanol–water partition coefficient (Wildman–Crippen LogP) is 1.47. The van der Waals surface area contributed by atoms with E-state index in [9.17, 15) is 0 Å². The molecule has 0 saturated carbocycles. The van der Waals surface area contributed by atoms with Gasteiger partial charge in [0.05, 0.1) is 32.6 Å². The molecule has 0 spiro atoms. The number of nitrogens with zero attached hydrogens (tertiary/aromatic N) is 6. The number of H-pyrrole nitrogens is 1. The molecule has 2 N–H and O–H groups in total. The summed E-state index contributed by atoms with van der Waals surface area (Å²) in [5.41, 5.74) is 5.05.